The number of rotatable bonds is 8. The standard InChI is InChI=1S/C26H28F3N3O4/c1-15-20(24(33)34)22(19-8-5-13-30-23(19)26(27,28)29)21(16(2)31-15)25(35)36-14-6-7-17-9-11-18(12-10-17)32(3)4/h5,8-13,22,31H,6-7,14H2,1-4H3,(H,33,34). The number of hydrogen-bond acceptors (Lipinski definition) is 6. The molecule has 0 aliphatic carbocycles. The second kappa shape index (κ2) is 10.8. The van der Waals surface area contributed by atoms with E-state index in [9.17, 15) is 27.9 Å². The minimum Gasteiger partial charge on any atom is -0.478 e. The number of dihydropyridines is 1. The summed E-state index contributed by atoms with van der Waals surface area (Å²) in [5, 5.41) is 12.6. The number of hydrogen-bond donors (Lipinski definition) is 2. The Morgan fingerprint density at radius 2 is 1.72 bits per heavy atom. The Morgan fingerprint density at radius 3 is 2.31 bits per heavy atom. The van der Waals surface area contributed by atoms with E-state index in [1.807, 2.05) is 43.3 Å². The van der Waals surface area contributed by atoms with Crippen LogP contribution in [-0.2, 0) is 26.9 Å². The molecular formula is C26H28F3N3O4. The van der Waals surface area contributed by atoms with E-state index >= 15 is 0 Å². The Labute approximate surface area is 207 Å². The van der Waals surface area contributed by atoms with Crippen molar-refractivity contribution in [3.8, 4) is 0 Å². The van der Waals surface area contributed by atoms with Gasteiger partial charge in [-0.1, -0.05) is 18.2 Å². The van der Waals surface area contributed by atoms with Crippen molar-refractivity contribution in [1.29, 1.82) is 0 Å². The minimum absolute atomic E-state index is 0.0159. The first-order valence-electron chi connectivity index (χ1n) is 11.3. The number of allylic oxidation sites excluding steroid dienone is 2. The zero-order valence-electron chi connectivity index (χ0n) is 20.4. The quantitative estimate of drug-likeness (QED) is 0.400. The average molecular weight is 504 g/mol. The van der Waals surface area contributed by atoms with E-state index in [0.29, 0.717) is 12.8 Å². The van der Waals surface area contributed by atoms with Crippen LogP contribution in [0.3, 0.4) is 0 Å². The summed E-state index contributed by atoms with van der Waals surface area (Å²) in [5.74, 6) is -3.82. The van der Waals surface area contributed by atoms with Crippen LogP contribution in [0.15, 0.2) is 65.1 Å². The number of halogens is 3. The van der Waals surface area contributed by atoms with Crippen molar-refractivity contribution in [2.45, 2.75) is 38.8 Å². The van der Waals surface area contributed by atoms with Crippen LogP contribution in [0.2, 0.25) is 0 Å². The molecule has 2 aromatic rings. The van der Waals surface area contributed by atoms with Gasteiger partial charge in [-0.15, -0.1) is 0 Å². The Bertz CT molecular complexity index is 1200. The topological polar surface area (TPSA) is 91.8 Å². The number of aliphatic carboxylic acids is 1. The summed E-state index contributed by atoms with van der Waals surface area (Å²) in [4.78, 5) is 30.6. The Morgan fingerprint density at radius 1 is 1.08 bits per heavy atom. The molecule has 1 atom stereocenters. The van der Waals surface area contributed by atoms with Gasteiger partial charge in [0, 0.05) is 37.4 Å². The number of ether oxygens (including phenoxy) is 1. The van der Waals surface area contributed by atoms with Gasteiger partial charge in [0.2, 0.25) is 0 Å². The fourth-order valence-electron chi connectivity index (χ4n) is 4.23. The second-order valence-electron chi connectivity index (χ2n) is 8.68. The number of carbonyl (C=O) groups is 2. The molecule has 0 bridgehead atoms. The molecule has 0 fully saturated rings. The lowest BCUT2D eigenvalue weighted by molar-refractivity contribution is -0.143. The molecule has 0 saturated heterocycles. The van der Waals surface area contributed by atoms with E-state index in [0.717, 1.165) is 23.5 Å². The van der Waals surface area contributed by atoms with Crippen molar-refractivity contribution in [2.75, 3.05) is 25.6 Å². The summed E-state index contributed by atoms with van der Waals surface area (Å²) in [6.45, 7) is 2.96. The van der Waals surface area contributed by atoms with Gasteiger partial charge in [-0.2, -0.15) is 13.2 Å². The number of nitrogens with one attached hydrogen (secondary N) is 1. The van der Waals surface area contributed by atoms with Gasteiger partial charge < -0.3 is 20.1 Å². The van der Waals surface area contributed by atoms with Gasteiger partial charge in [-0.25, -0.2) is 9.59 Å². The Kier molecular flexibility index (Phi) is 8.07. The van der Waals surface area contributed by atoms with Crippen LogP contribution >= 0.6 is 0 Å². The number of pyridine rings is 1. The maximum Gasteiger partial charge on any atom is 0.433 e. The summed E-state index contributed by atoms with van der Waals surface area (Å²) in [6, 6.07) is 10.3. The highest BCUT2D eigenvalue weighted by Gasteiger charge is 2.43. The van der Waals surface area contributed by atoms with Gasteiger partial charge >= 0.3 is 18.1 Å². The molecule has 1 aromatic heterocycles. The summed E-state index contributed by atoms with van der Waals surface area (Å²) < 4.78 is 46.7. The number of carbonyl (C=O) groups excluding carboxylic acids is 1. The van der Waals surface area contributed by atoms with E-state index in [2.05, 4.69) is 10.3 Å². The number of benzene rings is 1. The number of aryl methyl sites for hydroxylation is 1. The highest BCUT2D eigenvalue weighted by Crippen LogP contribution is 2.43. The maximum atomic E-state index is 13.8. The number of alkyl halides is 3. The molecule has 2 heterocycles. The zero-order chi connectivity index (χ0) is 26.6. The van der Waals surface area contributed by atoms with Gasteiger partial charge in [0.15, 0.2) is 0 Å². The molecule has 192 valence electrons. The molecule has 0 spiro atoms. The average Bonchev–Trinajstić information content (AvgIpc) is 2.80. The van der Waals surface area contributed by atoms with Gasteiger partial charge in [-0.05, 0) is 56.0 Å². The molecule has 2 N–H and O–H groups in total. The monoisotopic (exact) mass is 503 g/mol. The molecule has 1 aliphatic heterocycles. The molecule has 0 saturated carbocycles. The molecule has 7 nitrogen and oxygen atoms in total. The first kappa shape index (κ1) is 26.8. The predicted octanol–water partition coefficient (Wildman–Crippen LogP) is 4.66. The Balaban J connectivity index is 1.84. The van der Waals surface area contributed by atoms with Crippen LogP contribution in [0.1, 0.15) is 43.0 Å². The normalized spacial score (nSPS) is 16.0. The maximum absolute atomic E-state index is 13.8. The second-order valence-corrected chi connectivity index (χ2v) is 8.68. The number of carboxylic acids is 1. The summed E-state index contributed by atoms with van der Waals surface area (Å²) in [6.07, 6.45) is -2.76. The van der Waals surface area contributed by atoms with Crippen molar-refractivity contribution in [2.24, 2.45) is 0 Å². The fourth-order valence-corrected chi connectivity index (χ4v) is 4.23. The SMILES string of the molecule is CC1=C(C(=O)O)C(c2cccnc2C(F)(F)F)C(C(=O)OCCCc2ccc(N(C)C)cc2)=C(C)N1. The molecule has 0 amide bonds. The molecule has 1 aliphatic rings. The van der Waals surface area contributed by atoms with Crippen LogP contribution < -0.4 is 10.2 Å². The molecule has 1 unspecified atom stereocenters. The smallest absolute Gasteiger partial charge is 0.433 e. The molecule has 36 heavy (non-hydrogen) atoms. The first-order chi connectivity index (χ1) is 16.9. The highest BCUT2D eigenvalue weighted by atomic mass is 19.4. The summed E-state index contributed by atoms with van der Waals surface area (Å²) >= 11 is 0. The zero-order valence-corrected chi connectivity index (χ0v) is 20.4. The van der Waals surface area contributed by atoms with Crippen LogP contribution in [0.25, 0.3) is 0 Å². The van der Waals surface area contributed by atoms with Crippen molar-refractivity contribution in [1.82, 2.24) is 10.3 Å². The molecule has 0 radical (unpaired) electrons. The summed E-state index contributed by atoms with van der Waals surface area (Å²) in [5.41, 5.74) is 0.233. The molecule has 1 aromatic carbocycles. The number of carboxylic acid groups (broad SMARTS) is 1. The van der Waals surface area contributed by atoms with Crippen molar-refractivity contribution < 1.29 is 32.6 Å². The van der Waals surface area contributed by atoms with Gasteiger partial charge in [0.05, 0.1) is 23.7 Å². The third kappa shape index (κ3) is 5.87. The van der Waals surface area contributed by atoms with Crippen LogP contribution in [0.5, 0.6) is 0 Å². The molecular weight excluding hydrogens is 475 g/mol. The Hall–Kier alpha value is -3.82. The first-order valence-corrected chi connectivity index (χ1v) is 11.3. The predicted molar refractivity (Wildman–Crippen MR) is 128 cm³/mol. The fraction of sp³-hybridized carbons (Fsp3) is 0.346. The lowest BCUT2D eigenvalue weighted by atomic mass is 9.79. The van der Waals surface area contributed by atoms with E-state index in [4.69, 9.17) is 4.74 Å². The lowest BCUT2D eigenvalue weighted by Gasteiger charge is -2.30. The van der Waals surface area contributed by atoms with Crippen molar-refractivity contribution >= 4 is 17.6 Å². The highest BCUT2D eigenvalue weighted by molar-refractivity contribution is 5.99. The third-order valence-electron chi connectivity index (χ3n) is 5.92. The van der Waals surface area contributed by atoms with Crippen molar-refractivity contribution in [3.63, 3.8) is 0 Å². The number of nitrogens with zero attached hydrogens (tertiary/aromatic N) is 2. The number of aromatic nitrogens is 1. The van der Waals surface area contributed by atoms with Crippen LogP contribution in [-0.4, -0.2) is 42.7 Å². The van der Waals surface area contributed by atoms with Gasteiger partial charge in [-0.3, -0.25) is 4.98 Å². The van der Waals surface area contributed by atoms with Crippen LogP contribution in [0.4, 0.5) is 18.9 Å². The number of esters is 1. The van der Waals surface area contributed by atoms with E-state index in [1.165, 1.54) is 19.9 Å². The third-order valence-corrected chi connectivity index (χ3v) is 5.92. The molecule has 3 rings (SSSR count). The minimum atomic E-state index is -4.84. The number of anilines is 1. The van der Waals surface area contributed by atoms with E-state index in [-0.39, 0.29) is 29.1 Å². The van der Waals surface area contributed by atoms with E-state index < -0.39 is 35.3 Å². The van der Waals surface area contributed by atoms with Crippen LogP contribution in [0, 0.1) is 0 Å². The van der Waals surface area contributed by atoms with Gasteiger partial charge in [0.1, 0.15) is 5.69 Å². The van der Waals surface area contributed by atoms with Crippen molar-refractivity contribution in [3.05, 3.63) is 82.0 Å². The van der Waals surface area contributed by atoms with E-state index in [1.54, 1.807) is 0 Å². The lowest BCUT2D eigenvalue weighted by Crippen LogP contribution is -2.33. The van der Waals surface area contributed by atoms with Gasteiger partial charge in [0.25, 0.3) is 0 Å². The largest absolute Gasteiger partial charge is 0.478 e. The summed E-state index contributed by atoms with van der Waals surface area (Å²) in [7, 11) is 3.88. The molecule has 10 heteroatoms.